The van der Waals surface area contributed by atoms with Gasteiger partial charge >= 0.3 is 7.60 Å². The van der Waals surface area contributed by atoms with E-state index in [1.165, 1.54) is 6.66 Å². The van der Waals surface area contributed by atoms with Gasteiger partial charge in [-0.15, -0.1) is 0 Å². The first-order valence-corrected chi connectivity index (χ1v) is 7.79. The Hall–Kier alpha value is 0.850. The second kappa shape index (κ2) is 4.77. The highest BCUT2D eigenvalue weighted by molar-refractivity contribution is 8.76. The van der Waals surface area contributed by atoms with Crippen molar-refractivity contribution in [3.63, 3.8) is 0 Å². The van der Waals surface area contributed by atoms with Gasteiger partial charge in [0.1, 0.15) is 0 Å². The van der Waals surface area contributed by atoms with E-state index < -0.39 is 7.60 Å². The average molecular weight is 214 g/mol. The van der Waals surface area contributed by atoms with Crippen molar-refractivity contribution in [3.8, 4) is 0 Å². The SMILES string of the molecule is CP1(=O)OCCSSCCO1. The minimum atomic E-state index is -2.71. The van der Waals surface area contributed by atoms with E-state index in [4.69, 9.17) is 9.05 Å². The molecule has 1 rings (SSSR count). The molecule has 0 bridgehead atoms. The van der Waals surface area contributed by atoms with Crippen molar-refractivity contribution in [2.24, 2.45) is 0 Å². The van der Waals surface area contributed by atoms with E-state index in [0.717, 1.165) is 11.5 Å². The Balaban J connectivity index is 2.37. The zero-order valence-electron chi connectivity index (χ0n) is 6.32. The summed E-state index contributed by atoms with van der Waals surface area (Å²) in [6.45, 7) is 2.56. The lowest BCUT2D eigenvalue weighted by molar-refractivity contribution is 0.229. The minimum Gasteiger partial charge on any atom is -0.308 e. The molecule has 1 saturated heterocycles. The minimum absolute atomic E-state index is 0.519. The molecule has 0 aliphatic carbocycles. The third-order valence-electron chi connectivity index (χ3n) is 1.07. The predicted octanol–water partition coefficient (Wildman–Crippen LogP) is 2.24. The first-order valence-electron chi connectivity index (χ1n) is 3.32. The first kappa shape index (κ1) is 9.93. The lowest BCUT2D eigenvalue weighted by atomic mass is 10.9. The maximum absolute atomic E-state index is 11.3. The van der Waals surface area contributed by atoms with Crippen molar-refractivity contribution >= 4 is 29.2 Å². The van der Waals surface area contributed by atoms with Crippen LogP contribution < -0.4 is 0 Å². The lowest BCUT2D eigenvalue weighted by Gasteiger charge is -2.10. The summed E-state index contributed by atoms with van der Waals surface area (Å²) in [7, 11) is 0.755. The average Bonchev–Trinajstić information content (AvgIpc) is 2.00. The lowest BCUT2D eigenvalue weighted by Crippen LogP contribution is -1.97. The van der Waals surface area contributed by atoms with Gasteiger partial charge in [-0.25, -0.2) is 0 Å². The Morgan fingerprint density at radius 2 is 1.64 bits per heavy atom. The second-order valence-corrected chi connectivity index (χ2v) is 6.84. The summed E-state index contributed by atoms with van der Waals surface area (Å²) in [5.41, 5.74) is 0. The van der Waals surface area contributed by atoms with Crippen LogP contribution in [0.3, 0.4) is 0 Å². The fourth-order valence-corrected chi connectivity index (χ4v) is 3.45. The first-order chi connectivity index (χ1) is 5.21. The molecule has 0 spiro atoms. The van der Waals surface area contributed by atoms with Gasteiger partial charge in [-0.3, -0.25) is 4.57 Å². The number of hydrogen-bond donors (Lipinski definition) is 0. The van der Waals surface area contributed by atoms with Gasteiger partial charge in [0.05, 0.1) is 13.2 Å². The van der Waals surface area contributed by atoms with Gasteiger partial charge in [-0.05, 0) is 0 Å². The van der Waals surface area contributed by atoms with Gasteiger partial charge < -0.3 is 9.05 Å². The Bertz CT molecular complexity index is 150. The maximum atomic E-state index is 11.3. The predicted molar refractivity (Wildman–Crippen MR) is 50.4 cm³/mol. The Morgan fingerprint density at radius 1 is 1.18 bits per heavy atom. The molecule has 0 amide bonds. The Kier molecular flexibility index (Phi) is 4.31. The quantitative estimate of drug-likeness (QED) is 0.456. The van der Waals surface area contributed by atoms with Gasteiger partial charge in [0.2, 0.25) is 0 Å². The normalized spacial score (nSPS) is 26.6. The topological polar surface area (TPSA) is 35.5 Å². The summed E-state index contributed by atoms with van der Waals surface area (Å²) in [4.78, 5) is 0. The van der Waals surface area contributed by atoms with Crippen molar-refractivity contribution in [2.75, 3.05) is 31.4 Å². The molecular formula is C5H11O3PS2. The Morgan fingerprint density at radius 3 is 2.09 bits per heavy atom. The highest BCUT2D eigenvalue weighted by Gasteiger charge is 2.17. The molecule has 0 aromatic rings. The van der Waals surface area contributed by atoms with Gasteiger partial charge in [-0.2, -0.15) is 0 Å². The molecule has 3 nitrogen and oxygen atoms in total. The summed E-state index contributed by atoms with van der Waals surface area (Å²) in [5.74, 6) is 1.76. The van der Waals surface area contributed by atoms with E-state index in [1.54, 1.807) is 21.6 Å². The van der Waals surface area contributed by atoms with E-state index >= 15 is 0 Å². The van der Waals surface area contributed by atoms with Crippen LogP contribution in [-0.2, 0) is 13.6 Å². The van der Waals surface area contributed by atoms with Crippen molar-refractivity contribution in [3.05, 3.63) is 0 Å². The van der Waals surface area contributed by atoms with E-state index in [9.17, 15) is 4.57 Å². The smallest absolute Gasteiger partial charge is 0.308 e. The van der Waals surface area contributed by atoms with Crippen LogP contribution in [0.2, 0.25) is 0 Å². The fourth-order valence-electron chi connectivity index (χ4n) is 0.629. The van der Waals surface area contributed by atoms with Crippen LogP contribution in [0, 0.1) is 0 Å². The molecule has 0 saturated carbocycles. The van der Waals surface area contributed by atoms with Crippen LogP contribution in [0.1, 0.15) is 0 Å². The molecule has 66 valence electrons. The summed E-state index contributed by atoms with van der Waals surface area (Å²) >= 11 is 0. The van der Waals surface area contributed by atoms with Crippen LogP contribution in [0.4, 0.5) is 0 Å². The Labute approximate surface area is 74.5 Å². The highest BCUT2D eigenvalue weighted by Crippen LogP contribution is 2.45. The largest absolute Gasteiger partial charge is 0.327 e. The van der Waals surface area contributed by atoms with Crippen LogP contribution >= 0.6 is 29.2 Å². The molecule has 0 radical (unpaired) electrons. The number of rotatable bonds is 0. The van der Waals surface area contributed by atoms with E-state index in [1.807, 2.05) is 0 Å². The molecule has 6 heteroatoms. The van der Waals surface area contributed by atoms with Gasteiger partial charge in [0.25, 0.3) is 0 Å². The van der Waals surface area contributed by atoms with Gasteiger partial charge in [0, 0.05) is 18.2 Å². The maximum Gasteiger partial charge on any atom is 0.327 e. The summed E-state index contributed by atoms with van der Waals surface area (Å²) in [5, 5.41) is 0. The van der Waals surface area contributed by atoms with Crippen molar-refractivity contribution in [1.82, 2.24) is 0 Å². The molecule has 0 atom stereocenters. The fraction of sp³-hybridized carbons (Fsp3) is 1.00. The van der Waals surface area contributed by atoms with Crippen molar-refractivity contribution < 1.29 is 13.6 Å². The number of hydrogen-bond acceptors (Lipinski definition) is 5. The molecule has 1 heterocycles. The molecule has 1 aliphatic rings. The molecule has 1 fully saturated rings. The standard InChI is InChI=1S/C5H11O3PS2/c1-9(6)7-2-4-10-11-5-3-8-9/h2-5H2,1H3. The molecule has 0 aromatic carbocycles. The summed E-state index contributed by atoms with van der Waals surface area (Å²) < 4.78 is 21.4. The molecule has 1 aliphatic heterocycles. The van der Waals surface area contributed by atoms with E-state index in [-0.39, 0.29) is 0 Å². The van der Waals surface area contributed by atoms with E-state index in [0.29, 0.717) is 13.2 Å². The van der Waals surface area contributed by atoms with Crippen LogP contribution in [0.15, 0.2) is 0 Å². The molecule has 0 unspecified atom stereocenters. The van der Waals surface area contributed by atoms with Crippen LogP contribution in [0.5, 0.6) is 0 Å². The molecule has 11 heavy (non-hydrogen) atoms. The highest BCUT2D eigenvalue weighted by atomic mass is 33.1. The monoisotopic (exact) mass is 214 g/mol. The molecule has 0 aromatic heterocycles. The molecule has 0 N–H and O–H groups in total. The van der Waals surface area contributed by atoms with Crippen molar-refractivity contribution in [1.29, 1.82) is 0 Å². The van der Waals surface area contributed by atoms with Crippen molar-refractivity contribution in [2.45, 2.75) is 0 Å². The third kappa shape index (κ3) is 4.43. The van der Waals surface area contributed by atoms with Gasteiger partial charge in [-0.1, -0.05) is 21.6 Å². The zero-order valence-corrected chi connectivity index (χ0v) is 8.84. The molecular weight excluding hydrogens is 203 g/mol. The summed E-state index contributed by atoms with van der Waals surface area (Å²) in [6.07, 6.45) is 0. The van der Waals surface area contributed by atoms with Gasteiger partial charge in [0.15, 0.2) is 0 Å². The third-order valence-corrected chi connectivity index (χ3v) is 4.70. The summed E-state index contributed by atoms with van der Waals surface area (Å²) in [6, 6.07) is 0. The second-order valence-electron chi connectivity index (χ2n) is 2.08. The van der Waals surface area contributed by atoms with Crippen LogP contribution in [-0.4, -0.2) is 31.4 Å². The zero-order chi connectivity index (χ0) is 8.16. The van der Waals surface area contributed by atoms with Crippen LogP contribution in [0.25, 0.3) is 0 Å². The van der Waals surface area contributed by atoms with E-state index in [2.05, 4.69) is 0 Å².